The van der Waals surface area contributed by atoms with E-state index in [1.54, 1.807) is 12.2 Å². The van der Waals surface area contributed by atoms with E-state index in [0.29, 0.717) is 17.8 Å². The number of hydrogen-bond acceptors (Lipinski definition) is 3. The Kier molecular flexibility index (Phi) is 2.81. The Morgan fingerprint density at radius 2 is 1.86 bits per heavy atom. The van der Waals surface area contributed by atoms with Crippen molar-refractivity contribution in [1.82, 2.24) is 0 Å². The third-order valence-electron chi connectivity index (χ3n) is 6.74. The Labute approximate surface area is 125 Å². The number of hydrogen-bond donors (Lipinski definition) is 1. The summed E-state index contributed by atoms with van der Waals surface area (Å²) in [6, 6.07) is 0. The van der Waals surface area contributed by atoms with Crippen molar-refractivity contribution in [3.63, 3.8) is 0 Å². The highest BCUT2D eigenvalue weighted by atomic mass is 16.3. The number of rotatable bonds is 0. The molecule has 3 heteroatoms. The Morgan fingerprint density at radius 3 is 2.67 bits per heavy atom. The van der Waals surface area contributed by atoms with E-state index in [1.807, 2.05) is 0 Å². The van der Waals surface area contributed by atoms with Gasteiger partial charge in [-0.25, -0.2) is 0 Å². The van der Waals surface area contributed by atoms with E-state index in [9.17, 15) is 14.7 Å². The van der Waals surface area contributed by atoms with Gasteiger partial charge in [-0.05, 0) is 85.0 Å². The standard InChI is InChI=1S/C18H22O3/c1-18-7-6-11-12(14(18)4-5-17(18)21)3-2-10-8-15(19)16(20)9-13(10)11/h8-9,11-12,14,17,21H,2-7H2,1H3/t11-,12+,14-,17-,18-/m0/s1. The van der Waals surface area contributed by atoms with Crippen LogP contribution in [-0.4, -0.2) is 22.8 Å². The number of fused-ring (bicyclic) bond motifs is 5. The van der Waals surface area contributed by atoms with Gasteiger partial charge in [0, 0.05) is 0 Å². The number of carbonyl (C=O) groups is 2. The fourth-order valence-corrected chi connectivity index (χ4v) is 5.55. The van der Waals surface area contributed by atoms with Crippen LogP contribution in [-0.2, 0) is 9.59 Å². The molecule has 0 bridgehead atoms. The fourth-order valence-electron chi connectivity index (χ4n) is 5.55. The van der Waals surface area contributed by atoms with Crippen LogP contribution in [0.3, 0.4) is 0 Å². The minimum Gasteiger partial charge on any atom is -0.393 e. The first-order valence-corrected chi connectivity index (χ1v) is 8.19. The molecule has 0 aromatic carbocycles. The first kappa shape index (κ1) is 13.4. The second-order valence-corrected chi connectivity index (χ2v) is 7.55. The third-order valence-corrected chi connectivity index (χ3v) is 6.74. The summed E-state index contributed by atoms with van der Waals surface area (Å²) in [6.07, 6.45) is 9.14. The first-order valence-electron chi connectivity index (χ1n) is 8.19. The second kappa shape index (κ2) is 4.39. The van der Waals surface area contributed by atoms with Crippen LogP contribution in [0.25, 0.3) is 0 Å². The van der Waals surface area contributed by atoms with Gasteiger partial charge in [-0.1, -0.05) is 6.92 Å². The highest BCUT2D eigenvalue weighted by molar-refractivity contribution is 6.46. The zero-order valence-corrected chi connectivity index (χ0v) is 12.5. The molecule has 0 spiro atoms. The molecule has 112 valence electrons. The molecule has 0 unspecified atom stereocenters. The van der Waals surface area contributed by atoms with Gasteiger partial charge in [-0.2, -0.15) is 0 Å². The van der Waals surface area contributed by atoms with Gasteiger partial charge in [0.2, 0.25) is 11.6 Å². The summed E-state index contributed by atoms with van der Waals surface area (Å²) in [5, 5.41) is 10.4. The maximum absolute atomic E-state index is 11.8. The van der Waals surface area contributed by atoms with Crippen LogP contribution in [0.4, 0.5) is 0 Å². The predicted molar refractivity (Wildman–Crippen MR) is 78.5 cm³/mol. The quantitative estimate of drug-likeness (QED) is 0.550. The molecule has 21 heavy (non-hydrogen) atoms. The van der Waals surface area contributed by atoms with Gasteiger partial charge in [0.1, 0.15) is 0 Å². The van der Waals surface area contributed by atoms with Gasteiger partial charge in [0.25, 0.3) is 0 Å². The van der Waals surface area contributed by atoms with Crippen molar-refractivity contribution in [2.75, 3.05) is 0 Å². The molecule has 4 aliphatic rings. The Bertz CT molecular complexity index is 585. The van der Waals surface area contributed by atoms with E-state index in [2.05, 4.69) is 6.92 Å². The van der Waals surface area contributed by atoms with Crippen molar-refractivity contribution < 1.29 is 14.7 Å². The summed E-state index contributed by atoms with van der Waals surface area (Å²) >= 11 is 0. The van der Waals surface area contributed by atoms with Gasteiger partial charge in [-0.3, -0.25) is 9.59 Å². The maximum atomic E-state index is 11.8. The smallest absolute Gasteiger partial charge is 0.226 e. The van der Waals surface area contributed by atoms with Crippen molar-refractivity contribution in [2.45, 2.75) is 51.6 Å². The summed E-state index contributed by atoms with van der Waals surface area (Å²) in [5.74, 6) is 0.857. The number of aliphatic hydroxyl groups excluding tert-OH is 1. The molecule has 0 radical (unpaired) electrons. The SMILES string of the molecule is C[C@]12CC[C@@H]3C4=CC(=O)C(=O)C=C4CC[C@H]3[C@@H]1CC[C@@H]2O. The van der Waals surface area contributed by atoms with E-state index < -0.39 is 0 Å². The molecule has 0 aromatic rings. The van der Waals surface area contributed by atoms with Gasteiger partial charge in [0.15, 0.2) is 0 Å². The van der Waals surface area contributed by atoms with Crippen molar-refractivity contribution in [2.24, 2.45) is 23.2 Å². The zero-order chi connectivity index (χ0) is 14.8. The zero-order valence-electron chi connectivity index (χ0n) is 12.5. The van der Waals surface area contributed by atoms with Crippen molar-refractivity contribution >= 4 is 11.6 Å². The maximum Gasteiger partial charge on any atom is 0.226 e. The van der Waals surface area contributed by atoms with Crippen LogP contribution >= 0.6 is 0 Å². The lowest BCUT2D eigenvalue weighted by molar-refractivity contribution is -0.131. The van der Waals surface area contributed by atoms with Crippen LogP contribution in [0.5, 0.6) is 0 Å². The number of ketones is 2. The molecular weight excluding hydrogens is 264 g/mol. The lowest BCUT2D eigenvalue weighted by Gasteiger charge is -2.51. The van der Waals surface area contributed by atoms with E-state index in [4.69, 9.17) is 0 Å². The van der Waals surface area contributed by atoms with Crippen LogP contribution < -0.4 is 0 Å². The Morgan fingerprint density at radius 1 is 1.10 bits per heavy atom. The summed E-state index contributed by atoms with van der Waals surface area (Å²) < 4.78 is 0. The molecule has 3 saturated carbocycles. The molecule has 0 amide bonds. The van der Waals surface area contributed by atoms with Gasteiger partial charge >= 0.3 is 0 Å². The minimum absolute atomic E-state index is 0.0669. The van der Waals surface area contributed by atoms with Gasteiger partial charge in [0.05, 0.1) is 6.10 Å². The van der Waals surface area contributed by atoms with Crippen LogP contribution in [0.1, 0.15) is 45.4 Å². The molecule has 0 heterocycles. The van der Waals surface area contributed by atoms with Gasteiger partial charge < -0.3 is 5.11 Å². The van der Waals surface area contributed by atoms with E-state index in [0.717, 1.165) is 49.7 Å². The molecule has 4 rings (SSSR count). The third kappa shape index (κ3) is 1.76. The largest absolute Gasteiger partial charge is 0.393 e. The fraction of sp³-hybridized carbons (Fsp3) is 0.667. The van der Waals surface area contributed by atoms with Crippen molar-refractivity contribution in [3.8, 4) is 0 Å². The topological polar surface area (TPSA) is 54.4 Å². The normalized spacial score (nSPS) is 45.4. The van der Waals surface area contributed by atoms with Crippen LogP contribution in [0, 0.1) is 23.2 Å². The van der Waals surface area contributed by atoms with E-state index in [-0.39, 0.29) is 23.1 Å². The Balaban J connectivity index is 1.69. The number of carbonyl (C=O) groups excluding carboxylic acids is 2. The molecular formula is C18H22O3. The van der Waals surface area contributed by atoms with Crippen LogP contribution in [0.2, 0.25) is 0 Å². The molecule has 0 aliphatic heterocycles. The predicted octanol–water partition coefficient (Wildman–Crippen LogP) is 2.59. The van der Waals surface area contributed by atoms with Crippen molar-refractivity contribution in [3.05, 3.63) is 23.3 Å². The number of allylic oxidation sites excluding steroid dienone is 4. The molecule has 0 aromatic heterocycles. The lowest BCUT2D eigenvalue weighted by Crippen LogP contribution is -2.45. The summed E-state index contributed by atoms with van der Waals surface area (Å²) in [4.78, 5) is 23.3. The molecule has 3 fully saturated rings. The molecule has 4 aliphatic carbocycles. The monoisotopic (exact) mass is 286 g/mol. The van der Waals surface area contributed by atoms with E-state index in [1.165, 1.54) is 0 Å². The Hall–Kier alpha value is -1.22. The average Bonchev–Trinajstić information content (AvgIpc) is 2.76. The first-order chi connectivity index (χ1) is 10.0. The highest BCUT2D eigenvalue weighted by Gasteiger charge is 2.55. The number of aliphatic hydroxyl groups is 1. The lowest BCUT2D eigenvalue weighted by atomic mass is 9.54. The highest BCUT2D eigenvalue weighted by Crippen LogP contribution is 2.60. The molecule has 5 atom stereocenters. The van der Waals surface area contributed by atoms with Crippen LogP contribution in [0.15, 0.2) is 23.3 Å². The summed E-state index contributed by atoms with van der Waals surface area (Å²) in [7, 11) is 0. The second-order valence-electron chi connectivity index (χ2n) is 7.55. The minimum atomic E-state index is -0.357. The molecule has 3 nitrogen and oxygen atoms in total. The summed E-state index contributed by atoms with van der Waals surface area (Å²) in [6.45, 7) is 2.25. The van der Waals surface area contributed by atoms with Crippen molar-refractivity contribution in [1.29, 1.82) is 0 Å². The van der Waals surface area contributed by atoms with E-state index >= 15 is 0 Å². The molecule has 0 saturated heterocycles. The molecule has 1 N–H and O–H groups in total. The summed E-state index contributed by atoms with van der Waals surface area (Å²) in [5.41, 5.74) is 2.31. The van der Waals surface area contributed by atoms with Gasteiger partial charge in [-0.15, -0.1) is 0 Å². The average molecular weight is 286 g/mol.